The van der Waals surface area contributed by atoms with Gasteiger partial charge in [-0.15, -0.1) is 0 Å². The predicted octanol–water partition coefficient (Wildman–Crippen LogP) is 2.14. The molecule has 0 amide bonds. The van der Waals surface area contributed by atoms with Crippen LogP contribution in [0.4, 0.5) is 0 Å². The molecule has 0 atom stereocenters. The summed E-state index contributed by atoms with van der Waals surface area (Å²) in [5.74, 6) is 0. The Hall–Kier alpha value is 0.802. The second-order valence-corrected chi connectivity index (χ2v) is 15.1. The number of hydrogen-bond donors (Lipinski definition) is 0. The van der Waals surface area contributed by atoms with Crippen LogP contribution in [0.1, 0.15) is 0 Å². The van der Waals surface area contributed by atoms with E-state index in [0.29, 0.717) is 0 Å². The van der Waals surface area contributed by atoms with Crippen LogP contribution in [0.2, 0.25) is 0 Å². The van der Waals surface area contributed by atoms with E-state index in [1.807, 2.05) is 58.5 Å². The van der Waals surface area contributed by atoms with Crippen molar-refractivity contribution in [2.45, 2.75) is 0 Å². The summed E-state index contributed by atoms with van der Waals surface area (Å²) in [7, 11) is 4.80. The molecule has 0 aliphatic carbocycles. The molecule has 0 saturated carbocycles. The van der Waals surface area contributed by atoms with Gasteiger partial charge in [-0.25, -0.2) is 0 Å². The normalized spacial score (nSPS) is 18.5. The van der Waals surface area contributed by atoms with E-state index in [0.717, 1.165) is 17.4 Å². The van der Waals surface area contributed by atoms with Crippen molar-refractivity contribution >= 4 is 39.0 Å². The third kappa shape index (κ3) is 5.42. The molecule has 2 rings (SSSR count). The molecule has 7 heteroatoms. The molecule has 0 aromatic rings. The van der Waals surface area contributed by atoms with Gasteiger partial charge in [-0.1, -0.05) is 0 Å². The zero-order valence-electron chi connectivity index (χ0n) is 8.88. The van der Waals surface area contributed by atoms with E-state index in [2.05, 4.69) is 52.4 Å². The van der Waals surface area contributed by atoms with Gasteiger partial charge in [-0.3, -0.25) is 0 Å². The van der Waals surface area contributed by atoms with E-state index in [-0.39, 0.29) is 0 Å². The van der Waals surface area contributed by atoms with Crippen LogP contribution in [-0.4, -0.2) is 40.4 Å². The van der Waals surface area contributed by atoms with Crippen molar-refractivity contribution in [2.75, 3.05) is 20.8 Å². The fraction of sp³-hybridized carbons (Fsp3) is 0.333. The Morgan fingerprint density at radius 3 is 1.56 bits per heavy atom. The van der Waals surface area contributed by atoms with E-state index < -0.39 is 0 Å². The van der Waals surface area contributed by atoms with Gasteiger partial charge >= 0.3 is 49.8 Å². The summed E-state index contributed by atoms with van der Waals surface area (Å²) in [6.07, 6.45) is 7.88. The summed E-state index contributed by atoms with van der Waals surface area (Å²) in [4.78, 5) is 7.72. The molecule has 92 valence electrons. The van der Waals surface area contributed by atoms with Crippen LogP contribution in [0.5, 0.6) is 0 Å². The first-order chi connectivity index (χ1) is 7.65. The zero-order chi connectivity index (χ0) is 12.0. The summed E-state index contributed by atoms with van der Waals surface area (Å²) in [6, 6.07) is 0. The Morgan fingerprint density at radius 2 is 1.31 bits per heavy atom. The van der Waals surface area contributed by atoms with Gasteiger partial charge in [0.05, 0.1) is 6.67 Å². The first-order valence-electron chi connectivity index (χ1n) is 4.36. The maximum absolute atomic E-state index is 3.12. The first kappa shape index (κ1) is 14.9. The van der Waals surface area contributed by atoms with E-state index in [9.17, 15) is 0 Å². The third-order valence-corrected chi connectivity index (χ3v) is 1.82. The van der Waals surface area contributed by atoms with Crippen molar-refractivity contribution in [3.8, 4) is 0 Å². The Balaban J connectivity index is 0.000000386. The van der Waals surface area contributed by atoms with Crippen molar-refractivity contribution in [3.63, 3.8) is 0 Å². The Morgan fingerprint density at radius 1 is 0.938 bits per heavy atom. The van der Waals surface area contributed by atoms with Crippen molar-refractivity contribution in [2.24, 2.45) is 0 Å². The molecular formula is C9H12I2N4Pd. The van der Waals surface area contributed by atoms with Crippen molar-refractivity contribution in [1.82, 2.24) is 19.6 Å². The van der Waals surface area contributed by atoms with E-state index in [4.69, 9.17) is 0 Å². The number of nitrogens with zero attached hydrogens (tertiary/aromatic N) is 4. The van der Waals surface area contributed by atoms with E-state index >= 15 is 0 Å². The zero-order valence-corrected chi connectivity index (χ0v) is 14.7. The van der Waals surface area contributed by atoms with Crippen molar-refractivity contribution < 1.29 is 10.8 Å². The summed E-state index contributed by atoms with van der Waals surface area (Å²) < 4.78 is 0. The van der Waals surface area contributed by atoms with Gasteiger partial charge in [-0.05, 0) is 0 Å². The summed E-state index contributed by atoms with van der Waals surface area (Å²) >= 11 is 4.65. The Labute approximate surface area is 127 Å². The van der Waals surface area contributed by atoms with Crippen LogP contribution in [0.25, 0.3) is 0 Å². The van der Waals surface area contributed by atoms with Crippen molar-refractivity contribution in [3.05, 3.63) is 38.1 Å². The number of halogens is 2. The maximum atomic E-state index is 3.12. The van der Waals surface area contributed by atoms with Gasteiger partial charge in [-0.2, -0.15) is 0 Å². The molecule has 16 heavy (non-hydrogen) atoms. The fourth-order valence-corrected chi connectivity index (χ4v) is 1.22. The summed E-state index contributed by atoms with van der Waals surface area (Å²) in [6.45, 7) is 6.99. The second-order valence-electron chi connectivity index (χ2n) is 3.14. The monoisotopic (exact) mass is 536 g/mol. The van der Waals surface area contributed by atoms with Gasteiger partial charge in [0.25, 0.3) is 0 Å². The molecule has 0 bridgehead atoms. The van der Waals surface area contributed by atoms with Gasteiger partial charge in [0.15, 0.2) is 0 Å². The molecule has 2 aliphatic rings. The standard InChI is InChI=1S/C9H12N4.2HI.Pd/c1-10-3-5-12(7-10)9-13-6-4-11(2)8-13;;;/h3-6H,9H2,1-2H3;2*1H;/q;;;+2/p-2. The molecule has 0 aromatic heterocycles. The topological polar surface area (TPSA) is 13.0 Å². The third-order valence-electron chi connectivity index (χ3n) is 1.82. The summed E-state index contributed by atoms with van der Waals surface area (Å²) in [5, 5.41) is 0. The fourth-order valence-electron chi connectivity index (χ4n) is 1.22. The molecule has 0 fully saturated rings. The van der Waals surface area contributed by atoms with Crippen LogP contribution in [0.3, 0.4) is 0 Å². The SMILES string of the molecule is CN1[C]N(CN2[C]N(C)C=C2)C=C1.[I][Pd][I]. The average Bonchev–Trinajstić information content (AvgIpc) is 2.78. The van der Waals surface area contributed by atoms with Crippen LogP contribution < -0.4 is 0 Å². The molecule has 2 aliphatic heterocycles. The molecule has 4 nitrogen and oxygen atoms in total. The number of hydrogen-bond acceptors (Lipinski definition) is 4. The van der Waals surface area contributed by atoms with Crippen LogP contribution in [0, 0.1) is 13.3 Å². The second kappa shape index (κ2) is 8.00. The van der Waals surface area contributed by atoms with E-state index in [1.54, 1.807) is 0 Å². The molecule has 0 unspecified atom stereocenters. The van der Waals surface area contributed by atoms with Crippen LogP contribution >= 0.6 is 39.0 Å². The molecule has 0 saturated heterocycles. The first-order valence-corrected chi connectivity index (χ1v) is 13.6. The molecule has 0 N–H and O–H groups in total. The van der Waals surface area contributed by atoms with Gasteiger partial charge in [0.1, 0.15) is 0 Å². The Bertz CT molecular complexity index is 238. The van der Waals surface area contributed by atoms with Gasteiger partial charge in [0.2, 0.25) is 13.3 Å². The molecule has 0 aromatic carbocycles. The summed E-state index contributed by atoms with van der Waals surface area (Å²) in [5.41, 5.74) is 0. The van der Waals surface area contributed by atoms with Crippen LogP contribution in [-0.2, 0) is 10.8 Å². The van der Waals surface area contributed by atoms with E-state index in [1.165, 1.54) is 0 Å². The minimum atomic E-state index is 0.752. The predicted molar refractivity (Wildman–Crippen MR) is 76.9 cm³/mol. The van der Waals surface area contributed by atoms with Gasteiger partial charge < -0.3 is 19.6 Å². The van der Waals surface area contributed by atoms with Crippen LogP contribution in [0.15, 0.2) is 24.8 Å². The Kier molecular flexibility index (Phi) is 7.43. The molecule has 2 heterocycles. The van der Waals surface area contributed by atoms with Gasteiger partial charge in [0, 0.05) is 38.9 Å². The quantitative estimate of drug-likeness (QED) is 0.396. The molecular weight excluding hydrogens is 524 g/mol. The molecule has 4 radical (unpaired) electrons. The molecule has 0 spiro atoms. The number of rotatable bonds is 2. The van der Waals surface area contributed by atoms with Crippen molar-refractivity contribution in [1.29, 1.82) is 0 Å². The average molecular weight is 536 g/mol. The minimum absolute atomic E-state index is 0.752.